The van der Waals surface area contributed by atoms with E-state index >= 15 is 0 Å². The highest BCUT2D eigenvalue weighted by atomic mass is 79.9. The largest absolute Gasteiger partial charge is 0.241 e. The quantitative estimate of drug-likeness (QED) is 0.807. The molecule has 1 aliphatic rings. The molecule has 1 aliphatic carbocycles. The lowest BCUT2D eigenvalue weighted by atomic mass is 10.1. The summed E-state index contributed by atoms with van der Waals surface area (Å²) in [5, 5.41) is 0. The Bertz CT molecular complexity index is 765. The van der Waals surface area contributed by atoms with Crippen LogP contribution in [0.25, 0.3) is 0 Å². The smallest absolute Gasteiger partial charge is 0.207 e. The lowest BCUT2D eigenvalue weighted by Crippen LogP contribution is -2.35. The first-order valence-electron chi connectivity index (χ1n) is 6.50. The van der Waals surface area contributed by atoms with Gasteiger partial charge in [-0.2, -0.15) is 0 Å². The molecule has 0 unspecified atom stereocenters. The molecule has 0 bridgehead atoms. The first kappa shape index (κ1) is 15.2. The summed E-state index contributed by atoms with van der Waals surface area (Å²) >= 11 is 6.64. The van der Waals surface area contributed by atoms with Gasteiger partial charge < -0.3 is 0 Å². The average molecular weight is 431 g/mol. The molecule has 3 rings (SSSR count). The Morgan fingerprint density at radius 3 is 2.19 bits per heavy atom. The van der Waals surface area contributed by atoms with E-state index in [0.717, 1.165) is 17.3 Å². The summed E-state index contributed by atoms with van der Waals surface area (Å²) in [7, 11) is -3.53. The molecule has 1 N–H and O–H groups in total. The third-order valence-electron chi connectivity index (χ3n) is 3.56. The van der Waals surface area contributed by atoms with E-state index in [1.165, 1.54) is 11.1 Å². The van der Waals surface area contributed by atoms with Gasteiger partial charge in [0.2, 0.25) is 10.0 Å². The minimum absolute atomic E-state index is 0.0806. The van der Waals surface area contributed by atoms with Crippen molar-refractivity contribution in [3.8, 4) is 0 Å². The van der Waals surface area contributed by atoms with Crippen LogP contribution in [0.5, 0.6) is 0 Å². The molecule has 2 aromatic rings. The zero-order valence-corrected chi connectivity index (χ0v) is 15.0. The molecule has 21 heavy (non-hydrogen) atoms. The van der Waals surface area contributed by atoms with Crippen LogP contribution in [0.15, 0.2) is 56.3 Å². The maximum Gasteiger partial charge on any atom is 0.241 e. The number of nitrogens with one attached hydrogen (secondary N) is 1. The van der Waals surface area contributed by atoms with E-state index in [4.69, 9.17) is 0 Å². The molecule has 2 aromatic carbocycles. The molecular formula is C15H13Br2NO2S. The molecule has 0 fully saturated rings. The number of fused-ring (bicyclic) bond motifs is 1. The lowest BCUT2D eigenvalue weighted by molar-refractivity contribution is 0.555. The van der Waals surface area contributed by atoms with E-state index in [-0.39, 0.29) is 10.9 Å². The number of rotatable bonds is 3. The first-order chi connectivity index (χ1) is 9.95. The Labute approximate surface area is 141 Å². The first-order valence-corrected chi connectivity index (χ1v) is 9.57. The molecule has 110 valence electrons. The lowest BCUT2D eigenvalue weighted by Gasteiger charge is -2.14. The fourth-order valence-electron chi connectivity index (χ4n) is 2.62. The average Bonchev–Trinajstić information content (AvgIpc) is 2.79. The van der Waals surface area contributed by atoms with E-state index < -0.39 is 10.0 Å². The van der Waals surface area contributed by atoms with Crippen LogP contribution in [-0.2, 0) is 22.9 Å². The van der Waals surface area contributed by atoms with Crippen molar-refractivity contribution in [2.24, 2.45) is 0 Å². The van der Waals surface area contributed by atoms with Gasteiger partial charge in [0.25, 0.3) is 0 Å². The summed E-state index contributed by atoms with van der Waals surface area (Å²) in [6.07, 6.45) is 1.48. The highest BCUT2D eigenvalue weighted by molar-refractivity contribution is 9.11. The van der Waals surface area contributed by atoms with Gasteiger partial charge in [0.15, 0.2) is 0 Å². The molecule has 0 heterocycles. The van der Waals surface area contributed by atoms with Crippen LogP contribution in [0.2, 0.25) is 0 Å². The Morgan fingerprint density at radius 1 is 1.00 bits per heavy atom. The Morgan fingerprint density at radius 2 is 1.62 bits per heavy atom. The zero-order valence-electron chi connectivity index (χ0n) is 11.0. The van der Waals surface area contributed by atoms with Crippen LogP contribution in [0.3, 0.4) is 0 Å². The van der Waals surface area contributed by atoms with Crippen molar-refractivity contribution in [3.63, 3.8) is 0 Å². The van der Waals surface area contributed by atoms with Crippen LogP contribution in [0.4, 0.5) is 0 Å². The number of halogens is 2. The van der Waals surface area contributed by atoms with Gasteiger partial charge in [-0.15, -0.1) is 0 Å². The van der Waals surface area contributed by atoms with Crippen molar-refractivity contribution < 1.29 is 8.42 Å². The number of benzene rings is 2. The van der Waals surface area contributed by atoms with Gasteiger partial charge in [0.1, 0.15) is 0 Å². The molecule has 0 amide bonds. The summed E-state index contributed by atoms with van der Waals surface area (Å²) in [5.41, 5.74) is 2.44. The van der Waals surface area contributed by atoms with Gasteiger partial charge >= 0.3 is 0 Å². The van der Waals surface area contributed by atoms with Gasteiger partial charge in [0, 0.05) is 15.0 Å². The molecule has 0 aliphatic heterocycles. The molecule has 0 radical (unpaired) electrons. The summed E-state index contributed by atoms with van der Waals surface area (Å²) in [6.45, 7) is 0. The second-order valence-corrected chi connectivity index (χ2v) is 8.52. The van der Waals surface area contributed by atoms with Crippen molar-refractivity contribution in [2.75, 3.05) is 0 Å². The number of hydrogen-bond acceptors (Lipinski definition) is 2. The zero-order chi connectivity index (χ0) is 15.0. The second-order valence-electron chi connectivity index (χ2n) is 5.07. The van der Waals surface area contributed by atoms with Crippen molar-refractivity contribution in [2.45, 2.75) is 23.8 Å². The van der Waals surface area contributed by atoms with E-state index in [0.29, 0.717) is 4.47 Å². The SMILES string of the molecule is O=S(=O)(NC1Cc2ccccc2C1)c1ccc(Br)cc1Br. The monoisotopic (exact) mass is 429 g/mol. The Hall–Kier alpha value is -0.690. The predicted octanol–water partition coefficient (Wildman–Crippen LogP) is 3.66. The van der Waals surface area contributed by atoms with Gasteiger partial charge in [-0.1, -0.05) is 40.2 Å². The van der Waals surface area contributed by atoms with Crippen LogP contribution >= 0.6 is 31.9 Å². The van der Waals surface area contributed by atoms with Crippen LogP contribution in [-0.4, -0.2) is 14.5 Å². The summed E-state index contributed by atoms with van der Waals surface area (Å²) < 4.78 is 29.2. The van der Waals surface area contributed by atoms with Gasteiger partial charge in [-0.3, -0.25) is 0 Å². The molecule has 6 heteroatoms. The molecule has 0 saturated heterocycles. The normalized spacial score (nSPS) is 15.1. The topological polar surface area (TPSA) is 46.2 Å². The fraction of sp³-hybridized carbons (Fsp3) is 0.200. The maximum atomic E-state index is 12.5. The van der Waals surface area contributed by atoms with Crippen LogP contribution in [0.1, 0.15) is 11.1 Å². The van der Waals surface area contributed by atoms with E-state index in [1.807, 2.05) is 12.1 Å². The van der Waals surface area contributed by atoms with E-state index in [1.54, 1.807) is 18.2 Å². The minimum atomic E-state index is -3.53. The number of hydrogen-bond donors (Lipinski definition) is 1. The molecule has 3 nitrogen and oxygen atoms in total. The second kappa shape index (κ2) is 5.83. The third kappa shape index (κ3) is 3.23. The van der Waals surface area contributed by atoms with Crippen molar-refractivity contribution in [1.82, 2.24) is 4.72 Å². The number of sulfonamides is 1. The van der Waals surface area contributed by atoms with Crippen molar-refractivity contribution >= 4 is 41.9 Å². The molecule has 0 spiro atoms. The third-order valence-corrected chi connectivity index (χ3v) is 6.55. The molecule has 0 saturated carbocycles. The Kier molecular flexibility index (Phi) is 4.23. The van der Waals surface area contributed by atoms with Gasteiger partial charge in [-0.25, -0.2) is 13.1 Å². The van der Waals surface area contributed by atoms with E-state index in [9.17, 15) is 8.42 Å². The molecule has 0 aromatic heterocycles. The van der Waals surface area contributed by atoms with Crippen molar-refractivity contribution in [1.29, 1.82) is 0 Å². The van der Waals surface area contributed by atoms with Crippen LogP contribution < -0.4 is 4.72 Å². The molecular weight excluding hydrogens is 418 g/mol. The minimum Gasteiger partial charge on any atom is -0.207 e. The highest BCUT2D eigenvalue weighted by Crippen LogP contribution is 2.27. The summed E-state index contributed by atoms with van der Waals surface area (Å²) in [6, 6.07) is 13.1. The summed E-state index contributed by atoms with van der Waals surface area (Å²) in [4.78, 5) is 0.265. The highest BCUT2D eigenvalue weighted by Gasteiger charge is 2.27. The fourth-order valence-corrected chi connectivity index (χ4v) is 5.60. The van der Waals surface area contributed by atoms with Crippen molar-refractivity contribution in [3.05, 3.63) is 62.5 Å². The summed E-state index contributed by atoms with van der Waals surface area (Å²) in [5.74, 6) is 0. The Balaban J connectivity index is 1.82. The van der Waals surface area contributed by atoms with Crippen LogP contribution in [0, 0.1) is 0 Å². The van der Waals surface area contributed by atoms with Gasteiger partial charge in [0.05, 0.1) is 4.90 Å². The molecule has 0 atom stereocenters. The predicted molar refractivity (Wildman–Crippen MR) is 89.8 cm³/mol. The van der Waals surface area contributed by atoms with E-state index in [2.05, 4.69) is 48.7 Å². The standard InChI is InChI=1S/C15H13Br2NO2S/c16-12-5-6-15(14(17)9-12)21(19,20)18-13-7-10-3-1-2-4-11(10)8-13/h1-6,9,13,18H,7-8H2. The van der Waals surface area contributed by atoms with Gasteiger partial charge in [-0.05, 0) is 58.1 Å². The maximum absolute atomic E-state index is 12.5.